The van der Waals surface area contributed by atoms with Crippen LogP contribution in [-0.4, -0.2) is 51.1 Å². The summed E-state index contributed by atoms with van der Waals surface area (Å²) in [7, 11) is 0.631. The van der Waals surface area contributed by atoms with Gasteiger partial charge in [0.2, 0.25) is 0 Å². The van der Waals surface area contributed by atoms with Crippen LogP contribution in [0.4, 0.5) is 0 Å². The molecule has 0 aromatic rings. The van der Waals surface area contributed by atoms with E-state index in [4.69, 9.17) is 18.9 Å². The smallest absolute Gasteiger partial charge is 0.304 e. The molecule has 92 valence electrons. The second kappa shape index (κ2) is 5.04. The average molecular weight is 228 g/mol. The minimum atomic E-state index is -0.116. The second-order valence-corrected chi connectivity index (χ2v) is 5.33. The van der Waals surface area contributed by atoms with Gasteiger partial charge < -0.3 is 18.9 Å². The molecule has 0 amide bonds. The van der Waals surface area contributed by atoms with Gasteiger partial charge in [0, 0.05) is 12.0 Å². The third kappa shape index (κ3) is 4.83. The molecule has 2 heterocycles. The zero-order valence-electron chi connectivity index (χ0n) is 10.4. The van der Waals surface area contributed by atoms with Crippen molar-refractivity contribution in [3.05, 3.63) is 0 Å². The summed E-state index contributed by atoms with van der Waals surface area (Å²) in [4.78, 5) is 0. The molecule has 5 heteroatoms. The van der Waals surface area contributed by atoms with E-state index in [0.29, 0.717) is 26.3 Å². The highest BCUT2D eigenvalue weighted by Crippen LogP contribution is 2.25. The van der Waals surface area contributed by atoms with Gasteiger partial charge in [-0.25, -0.2) is 0 Å². The Kier molecular flexibility index (Phi) is 3.90. The molecule has 2 saturated heterocycles. The highest BCUT2D eigenvalue weighted by atomic mass is 16.6. The lowest BCUT2D eigenvalue weighted by molar-refractivity contribution is 0.0543. The number of hydrogen-bond acceptors (Lipinski definition) is 4. The topological polar surface area (TPSA) is 43.5 Å². The zero-order valence-corrected chi connectivity index (χ0v) is 10.4. The van der Waals surface area contributed by atoms with Gasteiger partial charge in [-0.2, -0.15) is 0 Å². The normalized spacial score (nSPS) is 29.9. The van der Waals surface area contributed by atoms with Crippen molar-refractivity contribution in [1.29, 1.82) is 0 Å². The molecule has 0 saturated carbocycles. The summed E-state index contributed by atoms with van der Waals surface area (Å²) in [5, 5.41) is 0. The van der Waals surface area contributed by atoms with E-state index in [1.54, 1.807) is 0 Å². The molecule has 0 aliphatic carbocycles. The number of hydrogen-bond donors (Lipinski definition) is 0. The minimum absolute atomic E-state index is 0.116. The van der Waals surface area contributed by atoms with E-state index in [-0.39, 0.29) is 11.6 Å². The standard InChI is InChI=1S/C11H21BO4/c1-8(13-6-10-7-15-10)12-16-11(2,3)4-9-5-14-9/h8-10,12H,4-7H2,1-3H3. The number of ether oxygens (including phenoxy) is 3. The second-order valence-electron chi connectivity index (χ2n) is 5.33. The molecule has 3 unspecified atom stereocenters. The maximum absolute atomic E-state index is 5.85. The first-order valence-corrected chi connectivity index (χ1v) is 6.04. The minimum Gasteiger partial charge on any atom is -0.432 e. The van der Waals surface area contributed by atoms with Crippen LogP contribution in [-0.2, 0) is 18.9 Å². The molecule has 2 rings (SSSR count). The lowest BCUT2D eigenvalue weighted by Crippen LogP contribution is -2.33. The fourth-order valence-corrected chi connectivity index (χ4v) is 1.62. The molecule has 0 radical (unpaired) electrons. The van der Waals surface area contributed by atoms with Crippen LogP contribution in [0.15, 0.2) is 0 Å². The molecule has 4 nitrogen and oxygen atoms in total. The third-order valence-electron chi connectivity index (χ3n) is 2.80. The van der Waals surface area contributed by atoms with Crippen molar-refractivity contribution in [1.82, 2.24) is 0 Å². The summed E-state index contributed by atoms with van der Waals surface area (Å²) in [6.07, 6.45) is 1.70. The molecule has 3 atom stereocenters. The lowest BCUT2D eigenvalue weighted by Gasteiger charge is -2.26. The van der Waals surface area contributed by atoms with E-state index in [1.165, 1.54) is 0 Å². The first-order valence-electron chi connectivity index (χ1n) is 6.04. The Bertz CT molecular complexity index is 226. The van der Waals surface area contributed by atoms with Crippen LogP contribution in [0.5, 0.6) is 0 Å². The van der Waals surface area contributed by atoms with Gasteiger partial charge >= 0.3 is 7.48 Å². The fourth-order valence-electron chi connectivity index (χ4n) is 1.62. The van der Waals surface area contributed by atoms with Crippen LogP contribution in [0, 0.1) is 0 Å². The molecule has 0 bridgehead atoms. The molecular weight excluding hydrogens is 207 g/mol. The highest BCUT2D eigenvalue weighted by Gasteiger charge is 2.32. The Hall–Kier alpha value is -0.0951. The molecule has 16 heavy (non-hydrogen) atoms. The summed E-state index contributed by atoms with van der Waals surface area (Å²) in [5.41, 5.74) is -0.116. The van der Waals surface area contributed by atoms with E-state index >= 15 is 0 Å². The quantitative estimate of drug-likeness (QED) is 0.452. The SMILES string of the molecule is CC(BOC(C)(C)CC1CO1)OCC1CO1. The molecule has 0 spiro atoms. The first kappa shape index (κ1) is 12.4. The van der Waals surface area contributed by atoms with Gasteiger partial charge in [-0.1, -0.05) is 0 Å². The molecule has 0 aromatic heterocycles. The molecule has 2 aliphatic rings. The van der Waals surface area contributed by atoms with Crippen molar-refractivity contribution < 1.29 is 18.9 Å². The summed E-state index contributed by atoms with van der Waals surface area (Å²) in [6.45, 7) is 8.66. The zero-order chi connectivity index (χ0) is 11.6. The van der Waals surface area contributed by atoms with E-state index in [0.717, 1.165) is 19.6 Å². The molecule has 2 fully saturated rings. The van der Waals surface area contributed by atoms with Crippen LogP contribution in [0.1, 0.15) is 27.2 Å². The van der Waals surface area contributed by atoms with Crippen molar-refractivity contribution in [3.63, 3.8) is 0 Å². The predicted molar refractivity (Wildman–Crippen MR) is 61.8 cm³/mol. The Morgan fingerprint density at radius 3 is 2.50 bits per heavy atom. The largest absolute Gasteiger partial charge is 0.432 e. The van der Waals surface area contributed by atoms with Gasteiger partial charge in [0.05, 0.1) is 31.9 Å². The van der Waals surface area contributed by atoms with Gasteiger partial charge in [-0.3, -0.25) is 0 Å². The van der Waals surface area contributed by atoms with Crippen LogP contribution >= 0.6 is 0 Å². The molecule has 2 aliphatic heterocycles. The Labute approximate surface area is 97.9 Å². The highest BCUT2D eigenvalue weighted by molar-refractivity contribution is 6.29. The molecule has 0 aromatic carbocycles. The van der Waals surface area contributed by atoms with Gasteiger partial charge in [0.1, 0.15) is 6.10 Å². The van der Waals surface area contributed by atoms with Crippen LogP contribution < -0.4 is 0 Å². The number of epoxide rings is 2. The Balaban J connectivity index is 1.56. The average Bonchev–Trinajstić information content (AvgIpc) is 3.04. The van der Waals surface area contributed by atoms with E-state index in [2.05, 4.69) is 13.8 Å². The third-order valence-corrected chi connectivity index (χ3v) is 2.80. The maximum Gasteiger partial charge on any atom is 0.304 e. The Morgan fingerprint density at radius 2 is 1.94 bits per heavy atom. The summed E-state index contributed by atoms with van der Waals surface area (Å²) < 4.78 is 21.7. The van der Waals surface area contributed by atoms with Crippen molar-refractivity contribution in [2.24, 2.45) is 0 Å². The monoisotopic (exact) mass is 228 g/mol. The van der Waals surface area contributed by atoms with Crippen molar-refractivity contribution >= 4 is 7.48 Å². The molecule has 0 N–H and O–H groups in total. The van der Waals surface area contributed by atoms with Gasteiger partial charge in [-0.15, -0.1) is 0 Å². The van der Waals surface area contributed by atoms with E-state index in [1.807, 2.05) is 6.92 Å². The summed E-state index contributed by atoms with van der Waals surface area (Å²) in [5.74, 6) is 0. The van der Waals surface area contributed by atoms with E-state index in [9.17, 15) is 0 Å². The van der Waals surface area contributed by atoms with E-state index < -0.39 is 0 Å². The van der Waals surface area contributed by atoms with Gasteiger partial charge in [-0.05, 0) is 20.8 Å². The van der Waals surface area contributed by atoms with Crippen molar-refractivity contribution in [2.75, 3.05) is 19.8 Å². The van der Waals surface area contributed by atoms with Crippen molar-refractivity contribution in [2.45, 2.75) is 51.0 Å². The predicted octanol–water partition coefficient (Wildman–Crippen LogP) is 0.683. The lowest BCUT2D eigenvalue weighted by atomic mass is 9.89. The van der Waals surface area contributed by atoms with Crippen LogP contribution in [0.3, 0.4) is 0 Å². The number of rotatable bonds is 8. The molecular formula is C11H21BO4. The van der Waals surface area contributed by atoms with Gasteiger partial charge in [0.25, 0.3) is 0 Å². The van der Waals surface area contributed by atoms with Crippen molar-refractivity contribution in [3.8, 4) is 0 Å². The van der Waals surface area contributed by atoms with Crippen LogP contribution in [0.25, 0.3) is 0 Å². The Morgan fingerprint density at radius 1 is 1.31 bits per heavy atom. The first-order chi connectivity index (χ1) is 7.55. The van der Waals surface area contributed by atoms with Gasteiger partial charge in [0.15, 0.2) is 0 Å². The summed E-state index contributed by atoms with van der Waals surface area (Å²) in [6, 6.07) is 0.128. The fraction of sp³-hybridized carbons (Fsp3) is 1.00. The van der Waals surface area contributed by atoms with Crippen LogP contribution in [0.2, 0.25) is 0 Å². The maximum atomic E-state index is 5.85. The summed E-state index contributed by atoms with van der Waals surface area (Å²) >= 11 is 0.